The first-order valence-electron chi connectivity index (χ1n) is 15.4. The number of methoxy groups -OCH3 is 1. The number of piperidine rings is 1. The molecule has 1 aromatic carbocycles. The van der Waals surface area contributed by atoms with Crippen LogP contribution in [0.4, 0.5) is 23.2 Å². The van der Waals surface area contributed by atoms with Crippen LogP contribution in [0.3, 0.4) is 0 Å². The Morgan fingerprint density at radius 3 is 2.40 bits per heavy atom. The molecule has 0 unspecified atom stereocenters. The molecule has 3 atom stereocenters. The molecule has 5 rings (SSSR count). The quantitative estimate of drug-likeness (QED) is 0.437. The lowest BCUT2D eigenvalue weighted by Crippen LogP contribution is -2.48. The van der Waals surface area contributed by atoms with Crippen LogP contribution in [0.1, 0.15) is 49.1 Å². The van der Waals surface area contributed by atoms with E-state index in [0.717, 1.165) is 18.9 Å². The Bertz CT molecular complexity index is 1150. The lowest BCUT2D eigenvalue weighted by Gasteiger charge is -2.36. The fourth-order valence-electron chi connectivity index (χ4n) is 7.43. The SMILES string of the molecule is COC[C@H]1CN(C(=O)[C@@]2(F)CCN(C3CCOCC3)C2)C[C@@H]1c1ccc(C(F)(F)F)cc1N1CCC(C(=O)N(C)C)CC1. The summed E-state index contributed by atoms with van der Waals surface area (Å²) in [6, 6.07) is 4.01. The predicted octanol–water partition coefficient (Wildman–Crippen LogP) is 3.79. The third-order valence-corrected chi connectivity index (χ3v) is 9.83. The highest BCUT2D eigenvalue weighted by Gasteiger charge is 2.51. The number of carbonyl (C=O) groups excluding carboxylic acids is 2. The minimum atomic E-state index is -4.52. The standard InChI is InChI=1S/C31H44F4N4O4/c1-36(2)28(40)21-6-11-37(12-7-21)27-16-23(31(33,34)35)4-5-25(27)26-18-39(17-22(26)19-42-3)29(41)30(32)10-13-38(20-30)24-8-14-43-15-9-24/h4-5,16,21-22,24,26H,6-15,17-20H2,1-3H3/t22-,26+,30-/m1/s1. The maximum absolute atomic E-state index is 16.3. The third-order valence-electron chi connectivity index (χ3n) is 9.83. The molecule has 4 fully saturated rings. The van der Waals surface area contributed by atoms with Crippen molar-refractivity contribution >= 4 is 17.5 Å². The topological polar surface area (TPSA) is 65.6 Å². The van der Waals surface area contributed by atoms with Gasteiger partial charge in [-0.1, -0.05) is 6.07 Å². The summed E-state index contributed by atoms with van der Waals surface area (Å²) < 4.78 is 68.8. The number of amides is 2. The van der Waals surface area contributed by atoms with Crippen molar-refractivity contribution in [3.63, 3.8) is 0 Å². The molecule has 240 valence electrons. The fraction of sp³-hybridized carbons (Fsp3) is 0.742. The number of rotatable bonds is 7. The van der Waals surface area contributed by atoms with Crippen LogP contribution < -0.4 is 4.90 Å². The summed E-state index contributed by atoms with van der Waals surface area (Å²) in [5, 5.41) is 0. The second kappa shape index (κ2) is 12.9. The highest BCUT2D eigenvalue weighted by Crippen LogP contribution is 2.43. The molecule has 0 aliphatic carbocycles. The van der Waals surface area contributed by atoms with Gasteiger partial charge < -0.3 is 24.2 Å². The second-order valence-electron chi connectivity index (χ2n) is 12.8. The zero-order valence-corrected chi connectivity index (χ0v) is 25.4. The first kappa shape index (κ1) is 32.0. The summed E-state index contributed by atoms with van der Waals surface area (Å²) in [6.07, 6.45) is -1.66. The first-order valence-corrected chi connectivity index (χ1v) is 15.4. The molecule has 12 heteroatoms. The van der Waals surface area contributed by atoms with Gasteiger partial charge in [-0.2, -0.15) is 13.2 Å². The van der Waals surface area contributed by atoms with Crippen molar-refractivity contribution in [3.8, 4) is 0 Å². The number of hydrogen-bond acceptors (Lipinski definition) is 6. The van der Waals surface area contributed by atoms with E-state index >= 15 is 4.39 Å². The molecule has 0 aromatic heterocycles. The van der Waals surface area contributed by atoms with Crippen molar-refractivity contribution in [2.24, 2.45) is 11.8 Å². The van der Waals surface area contributed by atoms with Gasteiger partial charge in [-0.05, 0) is 43.4 Å². The predicted molar refractivity (Wildman–Crippen MR) is 154 cm³/mol. The van der Waals surface area contributed by atoms with Gasteiger partial charge in [0, 0.05) is 110 Å². The summed E-state index contributed by atoms with van der Waals surface area (Å²) in [5.74, 6) is -1.21. The smallest absolute Gasteiger partial charge is 0.384 e. The van der Waals surface area contributed by atoms with Crippen LogP contribution in [0.25, 0.3) is 0 Å². The van der Waals surface area contributed by atoms with E-state index in [9.17, 15) is 22.8 Å². The number of ether oxygens (including phenoxy) is 2. The third kappa shape index (κ3) is 6.81. The Morgan fingerprint density at radius 1 is 1.07 bits per heavy atom. The van der Waals surface area contributed by atoms with Crippen LogP contribution in [0.2, 0.25) is 0 Å². The van der Waals surface area contributed by atoms with Gasteiger partial charge in [0.2, 0.25) is 11.6 Å². The molecule has 0 saturated carbocycles. The molecule has 4 saturated heterocycles. The normalized spacial score (nSPS) is 28.1. The highest BCUT2D eigenvalue weighted by atomic mass is 19.4. The number of anilines is 1. The molecule has 2 amide bonds. The fourth-order valence-corrected chi connectivity index (χ4v) is 7.43. The van der Waals surface area contributed by atoms with Crippen LogP contribution in [0, 0.1) is 11.8 Å². The van der Waals surface area contributed by atoms with Crippen LogP contribution in [-0.2, 0) is 25.2 Å². The molecular weight excluding hydrogens is 568 g/mol. The van der Waals surface area contributed by atoms with Gasteiger partial charge in [0.05, 0.1) is 12.2 Å². The van der Waals surface area contributed by atoms with Crippen molar-refractivity contribution in [2.45, 2.75) is 55.9 Å². The van der Waals surface area contributed by atoms with Crippen molar-refractivity contribution < 1.29 is 36.6 Å². The van der Waals surface area contributed by atoms with Gasteiger partial charge in [-0.15, -0.1) is 0 Å². The van der Waals surface area contributed by atoms with E-state index in [1.165, 1.54) is 12.1 Å². The van der Waals surface area contributed by atoms with Gasteiger partial charge in [0.1, 0.15) is 0 Å². The van der Waals surface area contributed by atoms with Crippen LogP contribution in [0.15, 0.2) is 18.2 Å². The monoisotopic (exact) mass is 612 g/mol. The number of carbonyl (C=O) groups is 2. The first-order chi connectivity index (χ1) is 20.4. The lowest BCUT2D eigenvalue weighted by molar-refractivity contribution is -0.142. The minimum absolute atomic E-state index is 0.0245. The van der Waals surface area contributed by atoms with Gasteiger partial charge in [-0.25, -0.2) is 4.39 Å². The van der Waals surface area contributed by atoms with Crippen LogP contribution in [-0.4, -0.2) is 119 Å². The maximum Gasteiger partial charge on any atom is 0.416 e. The van der Waals surface area contributed by atoms with E-state index in [-0.39, 0.29) is 55.8 Å². The van der Waals surface area contributed by atoms with Crippen molar-refractivity contribution in [1.29, 1.82) is 0 Å². The molecule has 0 spiro atoms. The number of halogens is 4. The molecule has 8 nitrogen and oxygen atoms in total. The second-order valence-corrected chi connectivity index (χ2v) is 12.8. The number of alkyl halides is 4. The van der Waals surface area contributed by atoms with Gasteiger partial charge in [0.25, 0.3) is 5.91 Å². The van der Waals surface area contributed by atoms with Crippen LogP contribution >= 0.6 is 0 Å². The van der Waals surface area contributed by atoms with E-state index in [4.69, 9.17) is 9.47 Å². The van der Waals surface area contributed by atoms with Crippen molar-refractivity contribution in [2.75, 3.05) is 85.2 Å². The summed E-state index contributed by atoms with van der Waals surface area (Å²) in [7, 11) is 4.97. The van der Waals surface area contributed by atoms with Crippen molar-refractivity contribution in [3.05, 3.63) is 29.3 Å². The molecule has 4 heterocycles. The minimum Gasteiger partial charge on any atom is -0.384 e. The highest BCUT2D eigenvalue weighted by molar-refractivity contribution is 5.86. The van der Waals surface area contributed by atoms with Crippen molar-refractivity contribution in [1.82, 2.24) is 14.7 Å². The summed E-state index contributed by atoms with van der Waals surface area (Å²) in [6.45, 7) is 3.52. The van der Waals surface area contributed by atoms with E-state index < -0.39 is 23.3 Å². The summed E-state index contributed by atoms with van der Waals surface area (Å²) >= 11 is 0. The van der Waals surface area contributed by atoms with E-state index in [2.05, 4.69) is 4.90 Å². The Morgan fingerprint density at radius 2 is 1.77 bits per heavy atom. The number of hydrogen-bond donors (Lipinski definition) is 0. The molecule has 4 aliphatic rings. The lowest BCUT2D eigenvalue weighted by atomic mass is 9.86. The Hall–Kier alpha value is -2.44. The largest absolute Gasteiger partial charge is 0.416 e. The van der Waals surface area contributed by atoms with E-state index in [1.807, 2.05) is 4.90 Å². The molecule has 0 bridgehead atoms. The average molecular weight is 613 g/mol. The Balaban J connectivity index is 1.37. The molecule has 0 N–H and O–H groups in total. The average Bonchev–Trinajstić information content (AvgIpc) is 3.61. The maximum atomic E-state index is 16.3. The molecule has 43 heavy (non-hydrogen) atoms. The van der Waals surface area contributed by atoms with E-state index in [1.54, 1.807) is 31.0 Å². The van der Waals surface area contributed by atoms with Gasteiger partial charge in [0.15, 0.2) is 0 Å². The van der Waals surface area contributed by atoms with E-state index in [0.29, 0.717) is 63.5 Å². The number of benzene rings is 1. The zero-order valence-electron chi connectivity index (χ0n) is 25.4. The molecular formula is C31H44F4N4O4. The van der Waals surface area contributed by atoms with Crippen LogP contribution in [0.5, 0.6) is 0 Å². The van der Waals surface area contributed by atoms with Gasteiger partial charge >= 0.3 is 6.18 Å². The zero-order chi connectivity index (χ0) is 30.9. The Kier molecular flexibility index (Phi) is 9.58. The molecule has 4 aliphatic heterocycles. The molecule has 0 radical (unpaired) electrons. The summed E-state index contributed by atoms with van der Waals surface area (Å²) in [5.41, 5.74) is -1.57. The number of likely N-dealkylation sites (tertiary alicyclic amines) is 2. The molecule has 1 aromatic rings. The Labute approximate surface area is 251 Å². The number of nitrogens with zero attached hydrogens (tertiary/aromatic N) is 4. The summed E-state index contributed by atoms with van der Waals surface area (Å²) in [4.78, 5) is 33.4. The van der Waals surface area contributed by atoms with Gasteiger partial charge in [-0.3, -0.25) is 14.5 Å².